The molecular weight excluding hydrogens is 436 g/mol. The highest BCUT2D eigenvalue weighted by Gasteiger charge is 2.42. The number of benzene rings is 2. The Morgan fingerprint density at radius 3 is 2.35 bits per heavy atom. The molecule has 0 aromatic heterocycles. The van der Waals surface area contributed by atoms with E-state index in [1.54, 1.807) is 0 Å². The van der Waals surface area contributed by atoms with Crippen LogP contribution in [0.3, 0.4) is 0 Å². The summed E-state index contributed by atoms with van der Waals surface area (Å²) in [6.45, 7) is 0.922. The van der Waals surface area contributed by atoms with Gasteiger partial charge < -0.3 is 24.8 Å². The van der Waals surface area contributed by atoms with Gasteiger partial charge in [-0.2, -0.15) is 0 Å². The average Bonchev–Trinajstić information content (AvgIpc) is 3.44. The van der Waals surface area contributed by atoms with Crippen LogP contribution >= 0.6 is 0 Å². The summed E-state index contributed by atoms with van der Waals surface area (Å²) in [5, 5.41) is 12.3. The van der Waals surface area contributed by atoms with Gasteiger partial charge in [-0.15, -0.1) is 0 Å². The molecule has 178 valence electrons. The van der Waals surface area contributed by atoms with E-state index in [1.807, 2.05) is 24.3 Å². The topological polar surface area (TPSA) is 105 Å². The largest absolute Gasteiger partial charge is 0.480 e. The first-order chi connectivity index (χ1) is 16.5. The van der Waals surface area contributed by atoms with E-state index in [-0.39, 0.29) is 31.6 Å². The van der Waals surface area contributed by atoms with Gasteiger partial charge in [0.15, 0.2) is 0 Å². The molecule has 2 aromatic rings. The molecule has 34 heavy (non-hydrogen) atoms. The number of amides is 2. The van der Waals surface area contributed by atoms with Crippen LogP contribution in [0.5, 0.6) is 0 Å². The number of hydrogen-bond donors (Lipinski definition) is 2. The van der Waals surface area contributed by atoms with Crippen molar-refractivity contribution in [3.05, 3.63) is 59.7 Å². The molecular formula is C26H28N2O6. The molecule has 0 spiro atoms. The SMILES string of the molecule is O=C(NC1COCC1C(=O)N1CCCC[C@@H]1C(=O)O)OCC1c2ccccc2-c2ccccc21. The maximum Gasteiger partial charge on any atom is 0.407 e. The Hall–Kier alpha value is -3.39. The Kier molecular flexibility index (Phi) is 6.24. The molecule has 1 aliphatic carbocycles. The van der Waals surface area contributed by atoms with Gasteiger partial charge in [0, 0.05) is 12.5 Å². The van der Waals surface area contributed by atoms with Crippen molar-refractivity contribution in [3.8, 4) is 11.1 Å². The van der Waals surface area contributed by atoms with Gasteiger partial charge in [-0.25, -0.2) is 9.59 Å². The van der Waals surface area contributed by atoms with Crippen molar-refractivity contribution in [1.82, 2.24) is 10.2 Å². The fourth-order valence-corrected chi connectivity index (χ4v) is 5.40. The van der Waals surface area contributed by atoms with E-state index < -0.39 is 30.1 Å². The fraction of sp³-hybridized carbons (Fsp3) is 0.423. The lowest BCUT2D eigenvalue weighted by atomic mass is 9.96. The van der Waals surface area contributed by atoms with Gasteiger partial charge in [0.05, 0.1) is 25.2 Å². The molecule has 0 saturated carbocycles. The van der Waals surface area contributed by atoms with Crippen molar-refractivity contribution >= 4 is 18.0 Å². The first kappa shape index (κ1) is 22.4. The minimum absolute atomic E-state index is 0.0555. The number of fused-ring (bicyclic) bond motifs is 3. The summed E-state index contributed by atoms with van der Waals surface area (Å²) < 4.78 is 11.1. The molecule has 2 saturated heterocycles. The lowest BCUT2D eigenvalue weighted by molar-refractivity contribution is -0.154. The van der Waals surface area contributed by atoms with Crippen molar-refractivity contribution in [2.45, 2.75) is 37.3 Å². The summed E-state index contributed by atoms with van der Waals surface area (Å²) in [4.78, 5) is 38.9. The number of likely N-dealkylation sites (tertiary alicyclic amines) is 1. The number of carboxylic acids is 1. The maximum atomic E-state index is 13.1. The van der Waals surface area contributed by atoms with Crippen LogP contribution in [-0.4, -0.2) is 66.4 Å². The van der Waals surface area contributed by atoms with Gasteiger partial charge in [-0.3, -0.25) is 4.79 Å². The zero-order valence-electron chi connectivity index (χ0n) is 18.8. The van der Waals surface area contributed by atoms with Crippen LogP contribution in [0, 0.1) is 5.92 Å². The van der Waals surface area contributed by atoms with Crippen molar-refractivity contribution in [1.29, 1.82) is 0 Å². The lowest BCUT2D eigenvalue weighted by Gasteiger charge is -2.35. The highest BCUT2D eigenvalue weighted by atomic mass is 16.5. The molecule has 2 N–H and O–H groups in total. The molecule has 8 nitrogen and oxygen atoms in total. The molecule has 5 rings (SSSR count). The van der Waals surface area contributed by atoms with Gasteiger partial charge in [0.1, 0.15) is 12.6 Å². The highest BCUT2D eigenvalue weighted by molar-refractivity contribution is 5.86. The van der Waals surface area contributed by atoms with E-state index in [4.69, 9.17) is 9.47 Å². The number of nitrogens with one attached hydrogen (secondary N) is 1. The quantitative estimate of drug-likeness (QED) is 0.705. The third-order valence-electron chi connectivity index (χ3n) is 7.12. The number of ether oxygens (including phenoxy) is 2. The lowest BCUT2D eigenvalue weighted by Crippen LogP contribution is -2.54. The van der Waals surface area contributed by atoms with E-state index >= 15 is 0 Å². The second-order valence-corrected chi connectivity index (χ2v) is 9.10. The zero-order valence-corrected chi connectivity index (χ0v) is 18.8. The van der Waals surface area contributed by atoms with Crippen molar-refractivity contribution < 1.29 is 29.0 Å². The Morgan fingerprint density at radius 1 is 1.00 bits per heavy atom. The molecule has 2 aromatic carbocycles. The van der Waals surface area contributed by atoms with Gasteiger partial charge in [-0.1, -0.05) is 48.5 Å². The number of piperidine rings is 1. The Labute approximate surface area is 197 Å². The summed E-state index contributed by atoms with van der Waals surface area (Å²) in [6.07, 6.45) is 1.39. The number of aliphatic carboxylic acids is 1. The maximum absolute atomic E-state index is 13.1. The minimum Gasteiger partial charge on any atom is -0.480 e. The van der Waals surface area contributed by atoms with E-state index in [0.717, 1.165) is 35.1 Å². The molecule has 3 atom stereocenters. The van der Waals surface area contributed by atoms with E-state index in [0.29, 0.717) is 13.0 Å². The molecule has 2 amide bonds. The summed E-state index contributed by atoms with van der Waals surface area (Å²) >= 11 is 0. The summed E-state index contributed by atoms with van der Waals surface area (Å²) in [6, 6.07) is 14.8. The molecule has 3 aliphatic rings. The Morgan fingerprint density at radius 2 is 1.68 bits per heavy atom. The van der Waals surface area contributed by atoms with Gasteiger partial charge in [-0.05, 0) is 41.5 Å². The second-order valence-electron chi connectivity index (χ2n) is 9.10. The number of carbonyl (C=O) groups is 3. The monoisotopic (exact) mass is 464 g/mol. The third-order valence-corrected chi connectivity index (χ3v) is 7.12. The summed E-state index contributed by atoms with van der Waals surface area (Å²) in [7, 11) is 0. The van der Waals surface area contributed by atoms with Gasteiger partial charge in [0.2, 0.25) is 5.91 Å². The number of alkyl carbamates (subject to hydrolysis) is 1. The number of rotatable bonds is 5. The van der Waals surface area contributed by atoms with Gasteiger partial charge in [0.25, 0.3) is 0 Å². The molecule has 2 unspecified atom stereocenters. The first-order valence-electron chi connectivity index (χ1n) is 11.8. The predicted octanol–water partition coefficient (Wildman–Crippen LogP) is 3.01. The molecule has 2 aliphatic heterocycles. The average molecular weight is 465 g/mol. The van der Waals surface area contributed by atoms with Crippen molar-refractivity contribution in [2.75, 3.05) is 26.4 Å². The Bertz CT molecular complexity index is 1060. The van der Waals surface area contributed by atoms with E-state index in [1.165, 1.54) is 4.90 Å². The van der Waals surface area contributed by atoms with Gasteiger partial charge >= 0.3 is 12.1 Å². The summed E-state index contributed by atoms with van der Waals surface area (Å²) in [5.41, 5.74) is 4.55. The van der Waals surface area contributed by atoms with Crippen molar-refractivity contribution in [3.63, 3.8) is 0 Å². The van der Waals surface area contributed by atoms with Crippen molar-refractivity contribution in [2.24, 2.45) is 5.92 Å². The Balaban J connectivity index is 1.23. The number of carbonyl (C=O) groups excluding carboxylic acids is 2. The molecule has 2 heterocycles. The van der Waals surface area contributed by atoms with Crippen LogP contribution in [0.25, 0.3) is 11.1 Å². The van der Waals surface area contributed by atoms with Crippen LogP contribution in [-0.2, 0) is 19.1 Å². The van der Waals surface area contributed by atoms with Crippen LogP contribution in [0.4, 0.5) is 4.79 Å². The summed E-state index contributed by atoms with van der Waals surface area (Å²) in [5.74, 6) is -1.96. The number of nitrogens with zero attached hydrogens (tertiary/aromatic N) is 1. The van der Waals surface area contributed by atoms with E-state index in [9.17, 15) is 19.5 Å². The van der Waals surface area contributed by atoms with Crippen LogP contribution < -0.4 is 5.32 Å². The van der Waals surface area contributed by atoms with E-state index in [2.05, 4.69) is 29.6 Å². The second kappa shape index (κ2) is 9.46. The standard InChI is InChI=1S/C26H28N2O6/c29-24(28-12-6-5-11-23(28)25(30)31)21-13-33-15-22(21)27-26(32)34-14-20-18-9-3-1-7-16(18)17-8-2-4-10-19(17)20/h1-4,7-10,20-23H,5-6,11-15H2,(H,27,32)(H,30,31)/t21?,22?,23-/m1/s1. The predicted molar refractivity (Wildman–Crippen MR) is 123 cm³/mol. The van der Waals surface area contributed by atoms with Crippen LogP contribution in [0.15, 0.2) is 48.5 Å². The number of carboxylic acid groups (broad SMARTS) is 1. The molecule has 8 heteroatoms. The smallest absolute Gasteiger partial charge is 0.407 e. The normalized spacial score (nSPS) is 23.8. The minimum atomic E-state index is -0.993. The molecule has 0 bridgehead atoms. The first-order valence-corrected chi connectivity index (χ1v) is 11.8. The fourth-order valence-electron chi connectivity index (χ4n) is 5.40. The third kappa shape index (κ3) is 4.14. The molecule has 0 radical (unpaired) electrons. The zero-order chi connectivity index (χ0) is 23.7. The molecule has 2 fully saturated rings. The highest BCUT2D eigenvalue weighted by Crippen LogP contribution is 2.44. The number of hydrogen-bond acceptors (Lipinski definition) is 5. The van der Waals surface area contributed by atoms with Crippen LogP contribution in [0.1, 0.15) is 36.3 Å². The van der Waals surface area contributed by atoms with Crippen LogP contribution in [0.2, 0.25) is 0 Å².